The smallest absolute Gasteiger partial charge is 0.119 e. The average molecular weight is 210 g/mol. The van der Waals surface area contributed by atoms with E-state index >= 15 is 0 Å². The lowest BCUT2D eigenvalue weighted by Gasteiger charge is -2.11. The number of ether oxygens (including phenoxy) is 2. The molecule has 0 spiro atoms. The molecule has 0 unspecified atom stereocenters. The van der Waals surface area contributed by atoms with Crippen LogP contribution >= 0.6 is 0 Å². The highest BCUT2D eigenvalue weighted by Crippen LogP contribution is 2.13. The van der Waals surface area contributed by atoms with Crippen molar-refractivity contribution in [1.82, 2.24) is 0 Å². The molecule has 84 valence electrons. The zero-order valence-corrected chi connectivity index (χ0v) is 9.27. The molecule has 0 amide bonds. The third kappa shape index (κ3) is 4.32. The van der Waals surface area contributed by atoms with E-state index in [-0.39, 0.29) is 6.61 Å². The van der Waals surface area contributed by atoms with Crippen molar-refractivity contribution in [3.63, 3.8) is 0 Å². The van der Waals surface area contributed by atoms with E-state index in [4.69, 9.17) is 9.47 Å². The molecule has 0 saturated carbocycles. The van der Waals surface area contributed by atoms with Crippen LogP contribution in [0.4, 0.5) is 0 Å². The molecule has 1 aromatic rings. The van der Waals surface area contributed by atoms with Gasteiger partial charge in [0.15, 0.2) is 0 Å². The highest BCUT2D eigenvalue weighted by atomic mass is 16.5. The van der Waals surface area contributed by atoms with E-state index in [1.165, 1.54) is 5.56 Å². The summed E-state index contributed by atoms with van der Waals surface area (Å²) in [5.74, 6) is 0.796. The van der Waals surface area contributed by atoms with Gasteiger partial charge in [-0.3, -0.25) is 0 Å². The maximum Gasteiger partial charge on any atom is 0.119 e. The molecule has 0 bridgehead atoms. The van der Waals surface area contributed by atoms with Gasteiger partial charge < -0.3 is 14.6 Å². The van der Waals surface area contributed by atoms with E-state index in [0.717, 1.165) is 12.2 Å². The molecule has 3 nitrogen and oxygen atoms in total. The molecule has 1 rings (SSSR count). The first-order valence-electron chi connectivity index (χ1n) is 5.15. The first kappa shape index (κ1) is 12.0. The normalized spacial score (nSPS) is 12.5. The Morgan fingerprint density at radius 2 is 2.13 bits per heavy atom. The number of methoxy groups -OCH3 is 1. The highest BCUT2D eigenvalue weighted by Gasteiger charge is 2.04. The zero-order valence-electron chi connectivity index (χ0n) is 9.27. The van der Waals surface area contributed by atoms with E-state index < -0.39 is 6.10 Å². The molecule has 0 aromatic heterocycles. The summed E-state index contributed by atoms with van der Waals surface area (Å²) in [6.45, 7) is 2.66. The largest absolute Gasteiger partial charge is 0.491 e. The van der Waals surface area contributed by atoms with Crippen LogP contribution in [0, 0.1) is 0 Å². The lowest BCUT2D eigenvalue weighted by Crippen LogP contribution is -2.22. The molecule has 1 N–H and O–H groups in total. The second-order valence-corrected chi connectivity index (χ2v) is 3.42. The monoisotopic (exact) mass is 210 g/mol. The van der Waals surface area contributed by atoms with Crippen LogP contribution in [0.1, 0.15) is 12.5 Å². The third-order valence-corrected chi connectivity index (χ3v) is 2.11. The Labute approximate surface area is 90.6 Å². The van der Waals surface area contributed by atoms with Crippen LogP contribution in [-0.2, 0) is 11.2 Å². The maximum absolute atomic E-state index is 9.39. The molecular weight excluding hydrogens is 192 g/mol. The van der Waals surface area contributed by atoms with Crippen molar-refractivity contribution in [2.24, 2.45) is 0 Å². The first-order valence-corrected chi connectivity index (χ1v) is 5.15. The molecule has 0 aliphatic rings. The molecule has 0 saturated heterocycles. The van der Waals surface area contributed by atoms with Crippen LogP contribution < -0.4 is 4.74 Å². The molecule has 1 atom stereocenters. The van der Waals surface area contributed by atoms with Crippen LogP contribution in [-0.4, -0.2) is 31.5 Å². The van der Waals surface area contributed by atoms with Crippen molar-refractivity contribution in [1.29, 1.82) is 0 Å². The molecule has 3 heteroatoms. The van der Waals surface area contributed by atoms with Crippen molar-refractivity contribution >= 4 is 0 Å². The fraction of sp³-hybridized carbons (Fsp3) is 0.500. The molecule has 15 heavy (non-hydrogen) atoms. The van der Waals surface area contributed by atoms with Gasteiger partial charge in [-0.25, -0.2) is 0 Å². The first-order chi connectivity index (χ1) is 7.26. The molecule has 0 aliphatic heterocycles. The Morgan fingerprint density at radius 1 is 1.33 bits per heavy atom. The number of rotatable bonds is 6. The summed E-state index contributed by atoms with van der Waals surface area (Å²) in [7, 11) is 1.56. The molecule has 0 fully saturated rings. The van der Waals surface area contributed by atoms with Crippen LogP contribution in [0.25, 0.3) is 0 Å². The quantitative estimate of drug-likeness (QED) is 0.775. The van der Waals surface area contributed by atoms with Gasteiger partial charge in [-0.2, -0.15) is 0 Å². The molecule has 0 heterocycles. The van der Waals surface area contributed by atoms with E-state index in [2.05, 4.69) is 13.0 Å². The van der Waals surface area contributed by atoms with Gasteiger partial charge in [-0.15, -0.1) is 0 Å². The number of aliphatic hydroxyl groups excluding tert-OH is 1. The zero-order chi connectivity index (χ0) is 11.1. The Bertz CT molecular complexity index is 286. The van der Waals surface area contributed by atoms with Crippen molar-refractivity contribution in [3.8, 4) is 5.75 Å². The summed E-state index contributed by atoms with van der Waals surface area (Å²) in [4.78, 5) is 0. The summed E-state index contributed by atoms with van der Waals surface area (Å²) in [5.41, 5.74) is 1.23. The molecule has 1 aromatic carbocycles. The lowest BCUT2D eigenvalue weighted by atomic mass is 10.2. The van der Waals surface area contributed by atoms with Gasteiger partial charge in [0.05, 0.1) is 6.61 Å². The molecule has 0 aliphatic carbocycles. The van der Waals surface area contributed by atoms with Gasteiger partial charge in [0.1, 0.15) is 18.5 Å². The number of aryl methyl sites for hydroxylation is 1. The summed E-state index contributed by atoms with van der Waals surface area (Å²) in [6, 6.07) is 7.88. The Hall–Kier alpha value is -1.06. The van der Waals surface area contributed by atoms with E-state index in [1.807, 2.05) is 18.2 Å². The van der Waals surface area contributed by atoms with Crippen molar-refractivity contribution in [2.75, 3.05) is 20.3 Å². The standard InChI is InChI=1S/C12H18O3/c1-3-10-5-4-6-12(7-10)15-9-11(13)8-14-2/h4-7,11,13H,3,8-9H2,1-2H3/t11-/m0/s1. The van der Waals surface area contributed by atoms with Gasteiger partial charge >= 0.3 is 0 Å². The number of aliphatic hydroxyl groups is 1. The van der Waals surface area contributed by atoms with Crippen LogP contribution in [0.3, 0.4) is 0 Å². The van der Waals surface area contributed by atoms with Crippen molar-refractivity contribution in [3.05, 3.63) is 29.8 Å². The Balaban J connectivity index is 2.43. The molecule has 0 radical (unpaired) electrons. The van der Waals surface area contributed by atoms with Crippen LogP contribution in [0.5, 0.6) is 5.75 Å². The summed E-state index contributed by atoms with van der Waals surface area (Å²) < 4.78 is 10.2. The minimum Gasteiger partial charge on any atom is -0.491 e. The number of hydrogen-bond donors (Lipinski definition) is 1. The lowest BCUT2D eigenvalue weighted by molar-refractivity contribution is 0.0325. The van der Waals surface area contributed by atoms with Gasteiger partial charge in [-0.1, -0.05) is 19.1 Å². The summed E-state index contributed by atoms with van der Waals surface area (Å²) in [6.07, 6.45) is 0.415. The minimum atomic E-state index is -0.569. The number of hydrogen-bond acceptors (Lipinski definition) is 3. The van der Waals surface area contributed by atoms with Gasteiger partial charge in [0, 0.05) is 7.11 Å². The maximum atomic E-state index is 9.39. The Kier molecular flexibility index (Phi) is 5.15. The van der Waals surface area contributed by atoms with Crippen LogP contribution in [0.2, 0.25) is 0 Å². The van der Waals surface area contributed by atoms with Gasteiger partial charge in [0.2, 0.25) is 0 Å². The van der Waals surface area contributed by atoms with Crippen molar-refractivity contribution in [2.45, 2.75) is 19.4 Å². The predicted octanol–water partition coefficient (Wildman–Crippen LogP) is 1.64. The molecular formula is C12H18O3. The number of benzene rings is 1. The summed E-state index contributed by atoms with van der Waals surface area (Å²) in [5, 5.41) is 9.39. The third-order valence-electron chi connectivity index (χ3n) is 2.11. The van der Waals surface area contributed by atoms with E-state index in [9.17, 15) is 5.11 Å². The second kappa shape index (κ2) is 6.43. The van der Waals surface area contributed by atoms with E-state index in [0.29, 0.717) is 6.61 Å². The van der Waals surface area contributed by atoms with Crippen LogP contribution in [0.15, 0.2) is 24.3 Å². The predicted molar refractivity (Wildman–Crippen MR) is 59.2 cm³/mol. The van der Waals surface area contributed by atoms with E-state index in [1.54, 1.807) is 7.11 Å². The second-order valence-electron chi connectivity index (χ2n) is 3.42. The van der Waals surface area contributed by atoms with Crippen molar-refractivity contribution < 1.29 is 14.6 Å². The fourth-order valence-corrected chi connectivity index (χ4v) is 1.29. The van der Waals surface area contributed by atoms with Gasteiger partial charge in [0.25, 0.3) is 0 Å². The Morgan fingerprint density at radius 3 is 2.80 bits per heavy atom. The minimum absolute atomic E-state index is 0.265. The highest BCUT2D eigenvalue weighted by molar-refractivity contribution is 5.28. The fourth-order valence-electron chi connectivity index (χ4n) is 1.29. The average Bonchev–Trinajstić information content (AvgIpc) is 2.27. The topological polar surface area (TPSA) is 38.7 Å². The van der Waals surface area contributed by atoms with Gasteiger partial charge in [-0.05, 0) is 24.1 Å². The SMILES string of the molecule is CCc1cccc(OC[C@@H](O)COC)c1. The summed E-state index contributed by atoms with van der Waals surface area (Å²) >= 11 is 0.